The van der Waals surface area contributed by atoms with E-state index in [1.807, 2.05) is 12.4 Å². The number of thioether (sulfide) groups is 1. The van der Waals surface area contributed by atoms with Crippen molar-refractivity contribution in [1.82, 2.24) is 10.3 Å². The van der Waals surface area contributed by atoms with Crippen molar-refractivity contribution in [2.75, 3.05) is 12.3 Å². The van der Waals surface area contributed by atoms with E-state index >= 15 is 0 Å². The van der Waals surface area contributed by atoms with Gasteiger partial charge in [-0.05, 0) is 57.0 Å². The van der Waals surface area contributed by atoms with Crippen molar-refractivity contribution >= 4 is 11.8 Å². The van der Waals surface area contributed by atoms with Crippen molar-refractivity contribution < 1.29 is 4.74 Å². The number of nitrogens with one attached hydrogen (secondary N) is 1. The van der Waals surface area contributed by atoms with E-state index in [4.69, 9.17) is 4.74 Å². The second kappa shape index (κ2) is 8.64. The zero-order valence-electron chi connectivity index (χ0n) is 13.5. The molecule has 1 fully saturated rings. The van der Waals surface area contributed by atoms with Crippen LogP contribution in [0.15, 0.2) is 18.5 Å². The quantitative estimate of drug-likeness (QED) is 0.819. The maximum absolute atomic E-state index is 5.80. The van der Waals surface area contributed by atoms with Crippen LogP contribution in [0.25, 0.3) is 0 Å². The maximum Gasteiger partial charge on any atom is 0.138 e. The molecular weight excluding hydrogens is 280 g/mol. The molecular formula is C17H28N2OS. The highest BCUT2D eigenvalue weighted by molar-refractivity contribution is 8.00. The standard InChI is InChI=1S/C17H28N2OS/c1-4-8-19-17(16-7-5-6-9-21-16)14-10-15(12-18-11-14)20-13(2)3/h10-13,16-17,19H,4-9H2,1-3H3. The van der Waals surface area contributed by atoms with Crippen LogP contribution in [0.3, 0.4) is 0 Å². The van der Waals surface area contributed by atoms with Crippen molar-refractivity contribution in [3.05, 3.63) is 24.0 Å². The summed E-state index contributed by atoms with van der Waals surface area (Å²) in [5, 5.41) is 4.37. The minimum atomic E-state index is 0.188. The Hall–Kier alpha value is -0.740. The lowest BCUT2D eigenvalue weighted by molar-refractivity contribution is 0.241. The summed E-state index contributed by atoms with van der Waals surface area (Å²) in [7, 11) is 0. The van der Waals surface area contributed by atoms with Crippen LogP contribution < -0.4 is 10.1 Å². The number of ether oxygens (including phenoxy) is 1. The van der Waals surface area contributed by atoms with Gasteiger partial charge < -0.3 is 10.1 Å². The molecule has 21 heavy (non-hydrogen) atoms. The molecule has 0 radical (unpaired) electrons. The second-order valence-corrected chi connectivity index (χ2v) is 7.30. The van der Waals surface area contributed by atoms with Crippen LogP contribution in [0, 0.1) is 0 Å². The third-order valence-electron chi connectivity index (χ3n) is 3.67. The monoisotopic (exact) mass is 308 g/mol. The van der Waals surface area contributed by atoms with Crippen LogP contribution in [0.1, 0.15) is 58.1 Å². The molecule has 0 aliphatic carbocycles. The molecule has 2 atom stereocenters. The van der Waals surface area contributed by atoms with Gasteiger partial charge in [-0.2, -0.15) is 11.8 Å². The smallest absolute Gasteiger partial charge is 0.138 e. The van der Waals surface area contributed by atoms with Gasteiger partial charge in [0.1, 0.15) is 5.75 Å². The van der Waals surface area contributed by atoms with Gasteiger partial charge in [-0.3, -0.25) is 4.98 Å². The molecule has 2 unspecified atom stereocenters. The molecule has 0 bridgehead atoms. The van der Waals surface area contributed by atoms with Crippen LogP contribution in [0.4, 0.5) is 0 Å². The minimum Gasteiger partial charge on any atom is -0.489 e. The van der Waals surface area contributed by atoms with E-state index in [1.54, 1.807) is 0 Å². The molecule has 0 spiro atoms. The second-order valence-electron chi connectivity index (χ2n) is 5.96. The molecule has 1 aliphatic rings. The molecule has 1 aromatic heterocycles. The van der Waals surface area contributed by atoms with Crippen LogP contribution in [-0.2, 0) is 0 Å². The van der Waals surface area contributed by atoms with E-state index in [1.165, 1.54) is 30.6 Å². The third-order valence-corrected chi connectivity index (χ3v) is 5.13. The summed E-state index contributed by atoms with van der Waals surface area (Å²) in [5.74, 6) is 2.16. The Morgan fingerprint density at radius 1 is 1.38 bits per heavy atom. The van der Waals surface area contributed by atoms with E-state index < -0.39 is 0 Å². The van der Waals surface area contributed by atoms with Crippen LogP contribution in [-0.4, -0.2) is 28.6 Å². The van der Waals surface area contributed by atoms with Gasteiger partial charge in [-0.25, -0.2) is 0 Å². The van der Waals surface area contributed by atoms with Crippen molar-refractivity contribution in [2.45, 2.75) is 63.9 Å². The first-order valence-electron chi connectivity index (χ1n) is 8.17. The van der Waals surface area contributed by atoms with Gasteiger partial charge in [-0.1, -0.05) is 13.3 Å². The summed E-state index contributed by atoms with van der Waals surface area (Å²) in [5.41, 5.74) is 1.26. The summed E-state index contributed by atoms with van der Waals surface area (Å²) in [6.45, 7) is 7.37. The fourth-order valence-corrected chi connectivity index (χ4v) is 4.19. The molecule has 1 saturated heterocycles. The molecule has 4 heteroatoms. The zero-order chi connectivity index (χ0) is 15.1. The Morgan fingerprint density at radius 2 is 2.24 bits per heavy atom. The molecule has 2 rings (SSSR count). The van der Waals surface area contributed by atoms with Gasteiger partial charge in [0.25, 0.3) is 0 Å². The van der Waals surface area contributed by atoms with Crippen LogP contribution in [0.5, 0.6) is 5.75 Å². The fraction of sp³-hybridized carbons (Fsp3) is 0.706. The molecule has 1 aliphatic heterocycles. The molecule has 3 nitrogen and oxygen atoms in total. The fourth-order valence-electron chi connectivity index (χ4n) is 2.73. The predicted molar refractivity (Wildman–Crippen MR) is 91.1 cm³/mol. The highest BCUT2D eigenvalue weighted by Crippen LogP contribution is 2.35. The van der Waals surface area contributed by atoms with Gasteiger partial charge in [0.2, 0.25) is 0 Å². The van der Waals surface area contributed by atoms with E-state index in [0.29, 0.717) is 11.3 Å². The summed E-state index contributed by atoms with van der Waals surface area (Å²) >= 11 is 2.11. The van der Waals surface area contributed by atoms with Crippen molar-refractivity contribution in [1.29, 1.82) is 0 Å². The maximum atomic E-state index is 5.80. The Morgan fingerprint density at radius 3 is 2.90 bits per heavy atom. The van der Waals surface area contributed by atoms with Gasteiger partial charge >= 0.3 is 0 Å². The van der Waals surface area contributed by atoms with Crippen molar-refractivity contribution in [3.63, 3.8) is 0 Å². The first kappa shape index (κ1) is 16.6. The van der Waals surface area contributed by atoms with E-state index in [-0.39, 0.29) is 6.10 Å². The van der Waals surface area contributed by atoms with E-state index in [9.17, 15) is 0 Å². The average Bonchev–Trinajstić information content (AvgIpc) is 2.48. The third kappa shape index (κ3) is 5.19. The van der Waals surface area contributed by atoms with Crippen molar-refractivity contribution in [2.24, 2.45) is 0 Å². The molecule has 0 aromatic carbocycles. The number of rotatable bonds is 7. The Labute approximate surface area is 133 Å². The number of aromatic nitrogens is 1. The molecule has 118 valence electrons. The Balaban J connectivity index is 2.14. The van der Waals surface area contributed by atoms with E-state index in [0.717, 1.165) is 18.7 Å². The van der Waals surface area contributed by atoms with Crippen LogP contribution in [0.2, 0.25) is 0 Å². The lowest BCUT2D eigenvalue weighted by atomic mass is 10.0. The lowest BCUT2D eigenvalue weighted by Gasteiger charge is -2.31. The number of hydrogen-bond acceptors (Lipinski definition) is 4. The Bertz CT molecular complexity index is 419. The average molecular weight is 308 g/mol. The largest absolute Gasteiger partial charge is 0.489 e. The highest BCUT2D eigenvalue weighted by atomic mass is 32.2. The summed E-state index contributed by atoms with van der Waals surface area (Å²) in [6.07, 6.45) is 9.15. The summed E-state index contributed by atoms with van der Waals surface area (Å²) < 4.78 is 5.80. The van der Waals surface area contributed by atoms with Crippen LogP contribution >= 0.6 is 11.8 Å². The molecule has 2 heterocycles. The summed E-state index contributed by atoms with van der Waals surface area (Å²) in [6, 6.07) is 2.55. The van der Waals surface area contributed by atoms with Gasteiger partial charge in [-0.15, -0.1) is 0 Å². The number of hydrogen-bond donors (Lipinski definition) is 1. The Kier molecular flexibility index (Phi) is 6.84. The number of nitrogens with zero attached hydrogens (tertiary/aromatic N) is 1. The normalized spacial score (nSPS) is 20.5. The van der Waals surface area contributed by atoms with Gasteiger partial charge in [0.05, 0.1) is 12.3 Å². The molecule has 0 amide bonds. The first-order valence-corrected chi connectivity index (χ1v) is 9.22. The first-order chi connectivity index (χ1) is 10.2. The van der Waals surface area contributed by atoms with Gasteiger partial charge in [0.15, 0.2) is 0 Å². The predicted octanol–water partition coefficient (Wildman–Crippen LogP) is 4.20. The SMILES string of the molecule is CCCNC(c1cncc(OC(C)C)c1)C1CCCCS1. The topological polar surface area (TPSA) is 34.2 Å². The molecule has 1 N–H and O–H groups in total. The number of pyridine rings is 1. The minimum absolute atomic E-state index is 0.188. The van der Waals surface area contributed by atoms with Gasteiger partial charge in [0, 0.05) is 17.5 Å². The zero-order valence-corrected chi connectivity index (χ0v) is 14.3. The van der Waals surface area contributed by atoms with E-state index in [2.05, 4.69) is 48.9 Å². The lowest BCUT2D eigenvalue weighted by Crippen LogP contribution is -2.32. The molecule has 0 saturated carbocycles. The van der Waals surface area contributed by atoms with Crippen molar-refractivity contribution in [3.8, 4) is 5.75 Å². The highest BCUT2D eigenvalue weighted by Gasteiger charge is 2.25. The molecule has 1 aromatic rings. The summed E-state index contributed by atoms with van der Waals surface area (Å²) in [4.78, 5) is 4.39.